The van der Waals surface area contributed by atoms with Gasteiger partial charge in [-0.25, -0.2) is 9.79 Å². The average molecular weight is 319 g/mol. The first-order chi connectivity index (χ1) is 10.2. The molecule has 2 heterocycles. The van der Waals surface area contributed by atoms with E-state index >= 15 is 0 Å². The lowest BCUT2D eigenvalue weighted by Gasteiger charge is -2.62. The first kappa shape index (κ1) is 15.4. The summed E-state index contributed by atoms with van der Waals surface area (Å²) in [4.78, 5) is 15.5. The van der Waals surface area contributed by atoms with Crippen molar-refractivity contribution < 1.29 is 40.2 Å². The highest BCUT2D eigenvalue weighted by Gasteiger charge is 2.75. The molecule has 1 saturated carbocycles. The number of nitrogens with zero attached hydrogens (tertiary/aromatic N) is 1. The number of nitrogens with two attached hydrogens (primary N) is 1. The molecule has 8 atom stereocenters. The molecule has 0 spiro atoms. The molecule has 9 N–H and O–H groups in total. The molecule has 2 bridgehead atoms. The van der Waals surface area contributed by atoms with Gasteiger partial charge in [0.2, 0.25) is 0 Å². The van der Waals surface area contributed by atoms with Gasteiger partial charge in [-0.2, -0.15) is 0 Å². The van der Waals surface area contributed by atoms with Crippen molar-refractivity contribution in [2.45, 2.75) is 41.8 Å². The fourth-order valence-corrected chi connectivity index (χ4v) is 3.65. The van der Waals surface area contributed by atoms with Crippen molar-refractivity contribution in [1.29, 1.82) is 0 Å². The topological polar surface area (TPSA) is 198 Å². The van der Waals surface area contributed by atoms with Crippen molar-refractivity contribution in [3.8, 4) is 0 Å². The van der Waals surface area contributed by atoms with Crippen LogP contribution in [0.1, 0.15) is 0 Å². The van der Waals surface area contributed by atoms with Gasteiger partial charge in [-0.3, -0.25) is 0 Å². The zero-order chi connectivity index (χ0) is 16.4. The first-order valence-electron chi connectivity index (χ1n) is 6.57. The van der Waals surface area contributed by atoms with Crippen LogP contribution in [-0.2, 0) is 9.53 Å². The van der Waals surface area contributed by atoms with Crippen molar-refractivity contribution in [1.82, 2.24) is 5.32 Å². The van der Waals surface area contributed by atoms with Gasteiger partial charge in [-0.05, 0) is 0 Å². The Balaban J connectivity index is 2.23. The Morgan fingerprint density at radius 1 is 1.27 bits per heavy atom. The van der Waals surface area contributed by atoms with E-state index in [4.69, 9.17) is 10.5 Å². The normalized spacial score (nSPS) is 53.9. The summed E-state index contributed by atoms with van der Waals surface area (Å²) in [6.07, 6.45) is -9.17. The maximum Gasteiger partial charge on any atom is 0.337 e. The van der Waals surface area contributed by atoms with E-state index in [2.05, 4.69) is 10.3 Å². The van der Waals surface area contributed by atoms with E-state index in [-0.39, 0.29) is 5.96 Å². The van der Waals surface area contributed by atoms with Crippen LogP contribution in [0.2, 0.25) is 0 Å². The lowest BCUT2D eigenvalue weighted by atomic mass is 9.57. The van der Waals surface area contributed by atoms with Crippen LogP contribution in [0.3, 0.4) is 0 Å². The molecule has 2 fully saturated rings. The van der Waals surface area contributed by atoms with Crippen molar-refractivity contribution in [3.63, 3.8) is 0 Å². The van der Waals surface area contributed by atoms with Gasteiger partial charge in [0.25, 0.3) is 0 Å². The SMILES string of the molecule is NC1=N[C@H](O)[C@H]2[C@H]3OC(=O)[C@@H](O)C2(N1)[C@@H](O)[C@@H](O)[C@]3(O)CO. The zero-order valence-corrected chi connectivity index (χ0v) is 11.2. The maximum atomic E-state index is 11.9. The molecule has 3 aliphatic rings. The van der Waals surface area contributed by atoms with Crippen molar-refractivity contribution in [2.24, 2.45) is 16.6 Å². The summed E-state index contributed by atoms with van der Waals surface area (Å²) >= 11 is 0. The van der Waals surface area contributed by atoms with Gasteiger partial charge in [-0.1, -0.05) is 0 Å². The molecule has 1 saturated heterocycles. The lowest BCUT2D eigenvalue weighted by Crippen LogP contribution is -2.88. The second-order valence-corrected chi connectivity index (χ2v) is 5.81. The molecule has 0 radical (unpaired) electrons. The number of hydrogen-bond donors (Lipinski definition) is 8. The summed E-state index contributed by atoms with van der Waals surface area (Å²) < 4.78 is 4.88. The van der Waals surface area contributed by atoms with Crippen LogP contribution in [-0.4, -0.2) is 91.0 Å². The monoisotopic (exact) mass is 319 g/mol. The minimum atomic E-state index is -2.44. The van der Waals surface area contributed by atoms with E-state index in [1.54, 1.807) is 0 Å². The maximum absolute atomic E-state index is 11.9. The highest BCUT2D eigenvalue weighted by molar-refractivity contribution is 5.85. The third-order valence-electron chi connectivity index (χ3n) is 4.78. The van der Waals surface area contributed by atoms with Crippen LogP contribution in [0, 0.1) is 5.92 Å². The molecule has 1 unspecified atom stereocenters. The summed E-state index contributed by atoms with van der Waals surface area (Å²) in [6.45, 7) is -1.06. The van der Waals surface area contributed by atoms with Gasteiger partial charge in [0.05, 0.1) is 12.5 Å². The summed E-state index contributed by atoms with van der Waals surface area (Å²) in [5, 5.41) is 63.1. The van der Waals surface area contributed by atoms with Crippen molar-refractivity contribution in [2.75, 3.05) is 6.61 Å². The zero-order valence-electron chi connectivity index (χ0n) is 11.2. The highest BCUT2D eigenvalue weighted by Crippen LogP contribution is 2.49. The molecule has 124 valence electrons. The second-order valence-electron chi connectivity index (χ2n) is 5.81. The standard InChI is InChI=1S/C11H17N3O8/c12-9-13-7(19)2-6-10(21,1-15)3(16)4(17)11(2,14-9)5(18)8(20)22-6/h2-7,15-19,21H,1H2,(H3,12,13,14)/t2-,3-,4+,5-,6-,7-,10-,11?/m1/s1. The lowest BCUT2D eigenvalue weighted by molar-refractivity contribution is -0.309. The van der Waals surface area contributed by atoms with Gasteiger partial charge in [-0.15, -0.1) is 0 Å². The predicted molar refractivity (Wildman–Crippen MR) is 66.9 cm³/mol. The number of carbonyl (C=O) groups excluding carboxylic acids is 1. The second kappa shape index (κ2) is 4.50. The summed E-state index contributed by atoms with van der Waals surface area (Å²) in [7, 11) is 0. The third-order valence-corrected chi connectivity index (χ3v) is 4.78. The number of guanidine groups is 1. The van der Waals surface area contributed by atoms with Crippen LogP contribution in [0.4, 0.5) is 0 Å². The fourth-order valence-electron chi connectivity index (χ4n) is 3.65. The van der Waals surface area contributed by atoms with Crippen LogP contribution >= 0.6 is 0 Å². The summed E-state index contributed by atoms with van der Waals surface area (Å²) in [5.74, 6) is -2.91. The van der Waals surface area contributed by atoms with E-state index in [1.807, 2.05) is 0 Å². The quantitative estimate of drug-likeness (QED) is 0.215. The van der Waals surface area contributed by atoms with Crippen LogP contribution in [0.25, 0.3) is 0 Å². The Morgan fingerprint density at radius 3 is 2.50 bits per heavy atom. The van der Waals surface area contributed by atoms with Crippen LogP contribution in [0.5, 0.6) is 0 Å². The Labute approximate surface area is 123 Å². The number of carbonyl (C=O) groups is 1. The molecule has 0 aromatic rings. The molecule has 22 heavy (non-hydrogen) atoms. The highest BCUT2D eigenvalue weighted by atomic mass is 16.6. The van der Waals surface area contributed by atoms with Gasteiger partial charge in [0.15, 0.2) is 23.9 Å². The van der Waals surface area contributed by atoms with E-state index in [9.17, 15) is 35.4 Å². The molecule has 0 aromatic carbocycles. The minimum absolute atomic E-state index is 0.364. The number of rotatable bonds is 1. The van der Waals surface area contributed by atoms with Crippen molar-refractivity contribution in [3.05, 3.63) is 0 Å². The average Bonchev–Trinajstić information content (AvgIpc) is 2.47. The molecular weight excluding hydrogens is 302 g/mol. The Bertz CT molecular complexity index is 543. The van der Waals surface area contributed by atoms with Gasteiger partial charge in [0.1, 0.15) is 23.9 Å². The Kier molecular flexibility index (Phi) is 3.15. The van der Waals surface area contributed by atoms with E-state index in [0.29, 0.717) is 0 Å². The number of hydrogen-bond acceptors (Lipinski definition) is 11. The van der Waals surface area contributed by atoms with Gasteiger partial charge in [0, 0.05) is 0 Å². The smallest absolute Gasteiger partial charge is 0.337 e. The number of aliphatic imine (C=N–C) groups is 1. The number of aliphatic hydroxyl groups excluding tert-OH is 5. The molecule has 2 aliphatic heterocycles. The van der Waals surface area contributed by atoms with Gasteiger partial charge < -0.3 is 46.4 Å². The molecule has 0 amide bonds. The number of esters is 1. The Morgan fingerprint density at radius 2 is 1.91 bits per heavy atom. The van der Waals surface area contributed by atoms with Crippen molar-refractivity contribution >= 4 is 11.9 Å². The first-order valence-corrected chi connectivity index (χ1v) is 6.57. The third kappa shape index (κ3) is 1.55. The fraction of sp³-hybridized carbons (Fsp3) is 0.818. The molecular formula is C11H17N3O8. The summed E-state index contributed by atoms with van der Waals surface area (Å²) in [5.41, 5.74) is 1.04. The molecule has 1 aliphatic carbocycles. The number of nitrogens with one attached hydrogen (secondary N) is 1. The van der Waals surface area contributed by atoms with Crippen LogP contribution in [0.15, 0.2) is 4.99 Å². The molecule has 3 rings (SSSR count). The van der Waals surface area contributed by atoms with E-state index < -0.39 is 60.3 Å². The molecule has 0 aromatic heterocycles. The van der Waals surface area contributed by atoms with E-state index in [0.717, 1.165) is 0 Å². The molecule has 11 heteroatoms. The van der Waals surface area contributed by atoms with Crippen LogP contribution < -0.4 is 11.1 Å². The van der Waals surface area contributed by atoms with Gasteiger partial charge >= 0.3 is 5.97 Å². The Hall–Kier alpha value is -1.50. The summed E-state index contributed by atoms with van der Waals surface area (Å²) in [6, 6.07) is 0. The van der Waals surface area contributed by atoms with E-state index in [1.165, 1.54) is 0 Å². The number of aliphatic hydroxyl groups is 6. The number of ether oxygens (including phenoxy) is 1. The molecule has 11 nitrogen and oxygen atoms in total. The largest absolute Gasteiger partial charge is 0.457 e. The minimum Gasteiger partial charge on any atom is -0.457 e. The predicted octanol–water partition coefficient (Wildman–Crippen LogP) is -5.68.